The number of hydrogen-bond acceptors (Lipinski definition) is 11. The van der Waals surface area contributed by atoms with Crippen molar-refractivity contribution in [3.05, 3.63) is 72.3 Å². The first-order valence-corrected chi connectivity index (χ1v) is 22.1. The molecule has 6 rings (SSSR count). The summed E-state index contributed by atoms with van der Waals surface area (Å²) in [7, 11) is -2.64. The van der Waals surface area contributed by atoms with E-state index in [4.69, 9.17) is 24.2 Å². The molecule has 3 N–H and O–H groups in total. The molecule has 6 atom stereocenters. The summed E-state index contributed by atoms with van der Waals surface area (Å²) in [5, 5.41) is 27.3. The molecule has 2 aromatic carbocycles. The number of fused-ring (bicyclic) bond motifs is 2. The van der Waals surface area contributed by atoms with Crippen LogP contribution in [0, 0.1) is 17.8 Å². The van der Waals surface area contributed by atoms with E-state index in [0.29, 0.717) is 36.6 Å². The first-order valence-electron chi connectivity index (χ1n) is 20.7. The first-order chi connectivity index (χ1) is 27.7. The smallest absolute Gasteiger partial charge is 0.243 e. The predicted molar refractivity (Wildman–Crippen MR) is 223 cm³/mol. The summed E-state index contributed by atoms with van der Waals surface area (Å²) in [6, 6.07) is 11.1. The lowest BCUT2D eigenvalue weighted by Crippen LogP contribution is -2.69. The average Bonchev–Trinajstić information content (AvgIpc) is 4.01. The summed E-state index contributed by atoms with van der Waals surface area (Å²) in [5.41, 5.74) is 2.31. The number of allylic oxidation sites excluding steroid dienone is 1. The van der Waals surface area contributed by atoms with E-state index in [1.807, 2.05) is 32.9 Å². The molecule has 58 heavy (non-hydrogen) atoms. The second kappa shape index (κ2) is 18.6. The molecule has 2 heterocycles. The van der Waals surface area contributed by atoms with Crippen molar-refractivity contribution in [1.82, 2.24) is 9.21 Å². The first kappa shape index (κ1) is 43.8. The third-order valence-electron chi connectivity index (χ3n) is 11.6. The number of nitrogens with one attached hydrogen (secondary N) is 1. The number of carbonyl (C=O) groups excluding carboxylic acids is 1. The lowest BCUT2D eigenvalue weighted by atomic mass is 9.55. The van der Waals surface area contributed by atoms with Crippen LogP contribution >= 0.6 is 0 Å². The van der Waals surface area contributed by atoms with Gasteiger partial charge in [0, 0.05) is 70.4 Å². The van der Waals surface area contributed by atoms with Crippen LogP contribution in [0.2, 0.25) is 0 Å². The van der Waals surface area contributed by atoms with Gasteiger partial charge in [0.15, 0.2) is 0 Å². The molecule has 4 aliphatic rings. The van der Waals surface area contributed by atoms with Gasteiger partial charge in [0.2, 0.25) is 21.7 Å². The van der Waals surface area contributed by atoms with Gasteiger partial charge < -0.3 is 34.6 Å². The van der Waals surface area contributed by atoms with Crippen molar-refractivity contribution in [2.75, 3.05) is 58.4 Å². The minimum Gasteiger partial charge on any atom is -0.492 e. The predicted octanol–water partition coefficient (Wildman–Crippen LogP) is 6.09. The number of anilines is 1. The number of amides is 1. The Morgan fingerprint density at radius 2 is 1.79 bits per heavy atom. The number of oxime groups is 1. The van der Waals surface area contributed by atoms with Crippen molar-refractivity contribution < 1.29 is 42.5 Å². The number of sulfonamides is 1. The van der Waals surface area contributed by atoms with Crippen LogP contribution in [0.15, 0.2) is 76.8 Å². The second-order valence-corrected chi connectivity index (χ2v) is 18.9. The summed E-state index contributed by atoms with van der Waals surface area (Å²) >= 11 is 0. The lowest BCUT2D eigenvalue weighted by Gasteiger charge is -2.59. The molecule has 2 aromatic rings. The number of benzene rings is 2. The summed E-state index contributed by atoms with van der Waals surface area (Å²) in [6.07, 6.45) is 8.57. The highest BCUT2D eigenvalue weighted by molar-refractivity contribution is 7.89. The van der Waals surface area contributed by atoms with E-state index >= 15 is 0 Å². The van der Waals surface area contributed by atoms with Gasteiger partial charge in [-0.05, 0) is 106 Å². The van der Waals surface area contributed by atoms with Crippen LogP contribution in [0.1, 0.15) is 84.1 Å². The van der Waals surface area contributed by atoms with Gasteiger partial charge in [0.25, 0.3) is 0 Å². The number of rotatable bonds is 20. The Hall–Kier alpha value is -3.79. The molecule has 6 unspecified atom stereocenters. The topological polar surface area (TPSA) is 159 Å². The Morgan fingerprint density at radius 1 is 1.09 bits per heavy atom. The van der Waals surface area contributed by atoms with E-state index < -0.39 is 33.4 Å². The quantitative estimate of drug-likeness (QED) is 0.0618. The number of likely N-dealkylation sites (N-methyl/N-ethyl adjacent to an activating group) is 1. The van der Waals surface area contributed by atoms with Crippen LogP contribution in [0.4, 0.5) is 5.69 Å². The van der Waals surface area contributed by atoms with Crippen LogP contribution in [0.5, 0.6) is 11.5 Å². The Bertz CT molecular complexity index is 1920. The minimum absolute atomic E-state index is 0.0351. The summed E-state index contributed by atoms with van der Waals surface area (Å²) in [4.78, 5) is 20.2. The zero-order chi connectivity index (χ0) is 41.7. The molecule has 2 fully saturated rings. The number of aliphatic hydroxyl groups is 2. The second-order valence-electron chi connectivity index (χ2n) is 16.9. The molecule has 2 aliphatic carbocycles. The fourth-order valence-corrected chi connectivity index (χ4v) is 10.2. The van der Waals surface area contributed by atoms with Crippen molar-refractivity contribution in [2.45, 2.75) is 101 Å². The van der Waals surface area contributed by atoms with Crippen molar-refractivity contribution in [3.8, 4) is 11.5 Å². The monoisotopic (exact) mass is 822 g/mol. The molecular formula is C44H62N4O9S. The van der Waals surface area contributed by atoms with Gasteiger partial charge in [-0.1, -0.05) is 30.1 Å². The maximum absolute atomic E-state index is 14.8. The van der Waals surface area contributed by atoms with Gasteiger partial charge in [-0.15, -0.1) is 6.58 Å². The van der Waals surface area contributed by atoms with Gasteiger partial charge in [0.05, 0.1) is 29.2 Å². The van der Waals surface area contributed by atoms with Gasteiger partial charge >= 0.3 is 0 Å². The number of hydrogen-bond donors (Lipinski definition) is 3. The molecule has 2 aliphatic heterocycles. The van der Waals surface area contributed by atoms with Crippen LogP contribution in [0.3, 0.4) is 0 Å². The van der Waals surface area contributed by atoms with E-state index in [2.05, 4.69) is 28.9 Å². The Kier molecular flexibility index (Phi) is 14.1. The van der Waals surface area contributed by atoms with Gasteiger partial charge in [-0.3, -0.25) is 9.69 Å². The molecular weight excluding hydrogens is 761 g/mol. The number of ether oxygens (including phenoxy) is 3. The van der Waals surface area contributed by atoms with Crippen LogP contribution in [-0.4, -0.2) is 110 Å². The number of aliphatic hydroxyl groups excluding tert-OH is 2. The Balaban J connectivity index is 1.55. The zero-order valence-corrected chi connectivity index (χ0v) is 35.5. The standard InChI is InChI=1S/C44H62N4O9S/c1-7-25-55-44-40(47(6)58(52,53)34-17-14-32(15-18-34)45-30(2)51)29-38(46-57-43(3,4)5)36-27-31(12-8-10-23-49)35(13-9-11-24-50)41(42(36)44)37-28-33(16-19-39(37)56-44)54-26-22-48-20-21-48/h7,14-19,27-28,31,35,40-42,49-50H,1,8-13,20-26,29H2,2-6H3,(H,45,51). The highest BCUT2D eigenvalue weighted by Crippen LogP contribution is 2.62. The van der Waals surface area contributed by atoms with E-state index in [-0.39, 0.29) is 54.8 Å². The number of carbonyl (C=O) groups is 1. The molecule has 13 nitrogen and oxygen atoms in total. The fourth-order valence-electron chi connectivity index (χ4n) is 8.82. The molecule has 14 heteroatoms. The SMILES string of the molecule is C=CCOC12Oc3ccc(OCCN4CC4)cc3C3C(CCCCO)C(CCCCO)C=C(C(=NOC(C)(C)C)CC1N(C)S(=O)(=O)c1ccc(NC(C)=O)cc1)C32. The van der Waals surface area contributed by atoms with E-state index in [0.717, 1.165) is 62.2 Å². The molecule has 1 amide bonds. The van der Waals surface area contributed by atoms with Crippen molar-refractivity contribution in [3.63, 3.8) is 0 Å². The average molecular weight is 823 g/mol. The highest BCUT2D eigenvalue weighted by atomic mass is 32.2. The maximum Gasteiger partial charge on any atom is 0.243 e. The molecule has 0 spiro atoms. The van der Waals surface area contributed by atoms with Crippen molar-refractivity contribution >= 4 is 27.3 Å². The van der Waals surface area contributed by atoms with Gasteiger partial charge in [0.1, 0.15) is 23.7 Å². The van der Waals surface area contributed by atoms with Crippen LogP contribution < -0.4 is 14.8 Å². The van der Waals surface area contributed by atoms with Crippen LogP contribution in [0.25, 0.3) is 0 Å². The molecule has 0 aromatic heterocycles. The van der Waals surface area contributed by atoms with Crippen LogP contribution in [-0.2, 0) is 24.4 Å². The minimum atomic E-state index is -4.20. The third kappa shape index (κ3) is 9.80. The van der Waals surface area contributed by atoms with Crippen molar-refractivity contribution in [2.24, 2.45) is 22.9 Å². The van der Waals surface area contributed by atoms with Gasteiger partial charge in [-0.2, -0.15) is 4.31 Å². The molecule has 0 radical (unpaired) electrons. The zero-order valence-electron chi connectivity index (χ0n) is 34.7. The molecule has 0 bridgehead atoms. The third-order valence-corrected chi connectivity index (χ3v) is 13.5. The maximum atomic E-state index is 14.8. The van der Waals surface area contributed by atoms with Gasteiger partial charge in [-0.25, -0.2) is 8.42 Å². The largest absolute Gasteiger partial charge is 0.492 e. The summed E-state index contributed by atoms with van der Waals surface area (Å²) in [6.45, 7) is 14.9. The molecule has 1 saturated carbocycles. The summed E-state index contributed by atoms with van der Waals surface area (Å²) < 4.78 is 51.3. The number of unbranched alkanes of at least 4 members (excludes halogenated alkanes) is 2. The summed E-state index contributed by atoms with van der Waals surface area (Å²) in [5.74, 6) is -1.16. The fraction of sp³-hybridized carbons (Fsp3) is 0.591. The lowest BCUT2D eigenvalue weighted by molar-refractivity contribution is -0.250. The van der Waals surface area contributed by atoms with E-state index in [1.54, 1.807) is 25.3 Å². The Morgan fingerprint density at radius 3 is 2.43 bits per heavy atom. The van der Waals surface area contributed by atoms with E-state index in [9.17, 15) is 23.4 Å². The Labute approximate surface area is 344 Å². The highest BCUT2D eigenvalue weighted by Gasteiger charge is 2.65. The molecule has 1 saturated heterocycles. The van der Waals surface area contributed by atoms with Crippen molar-refractivity contribution in [1.29, 1.82) is 0 Å². The molecule has 318 valence electrons. The van der Waals surface area contributed by atoms with E-state index in [1.165, 1.54) is 23.4 Å². The normalized spacial score (nSPS) is 26.0. The number of nitrogens with zero attached hydrogens (tertiary/aromatic N) is 3.